The highest BCUT2D eigenvalue weighted by Crippen LogP contribution is 2.34. The monoisotopic (exact) mass is 440 g/mol. The molecular formula is C25H24N6O2. The lowest BCUT2D eigenvalue weighted by Gasteiger charge is -2.22. The van der Waals surface area contributed by atoms with E-state index in [-0.39, 0.29) is 25.0 Å². The van der Waals surface area contributed by atoms with Crippen LogP contribution in [0.5, 0.6) is 5.75 Å². The molecule has 0 saturated heterocycles. The molecule has 8 heteroatoms. The van der Waals surface area contributed by atoms with Crippen molar-refractivity contribution < 1.29 is 9.53 Å². The summed E-state index contributed by atoms with van der Waals surface area (Å²) in [6.07, 6.45) is 2.13. The maximum absolute atomic E-state index is 13.4. The van der Waals surface area contributed by atoms with E-state index in [2.05, 4.69) is 40.5 Å². The second-order valence-corrected chi connectivity index (χ2v) is 7.92. The molecule has 1 aliphatic heterocycles. The molecule has 0 bridgehead atoms. The normalized spacial score (nSPS) is 15.6. The van der Waals surface area contributed by atoms with Crippen molar-refractivity contribution in [3.8, 4) is 5.75 Å². The first kappa shape index (κ1) is 20.8. The summed E-state index contributed by atoms with van der Waals surface area (Å²) in [6.45, 7) is 0.279. The molecule has 0 spiro atoms. The first-order valence-corrected chi connectivity index (χ1v) is 10.8. The number of rotatable bonds is 6. The Morgan fingerprint density at radius 1 is 1.09 bits per heavy atom. The van der Waals surface area contributed by atoms with Crippen LogP contribution < -0.4 is 10.5 Å². The van der Waals surface area contributed by atoms with Gasteiger partial charge in [-0.2, -0.15) is 5.10 Å². The Labute approximate surface area is 191 Å². The number of methoxy groups -OCH3 is 1. The van der Waals surface area contributed by atoms with Crippen molar-refractivity contribution in [2.75, 3.05) is 7.11 Å². The molecule has 33 heavy (non-hydrogen) atoms. The van der Waals surface area contributed by atoms with Crippen LogP contribution in [-0.2, 0) is 17.9 Å². The lowest BCUT2D eigenvalue weighted by Crippen LogP contribution is -2.31. The van der Waals surface area contributed by atoms with Gasteiger partial charge in [-0.05, 0) is 40.1 Å². The highest BCUT2D eigenvalue weighted by atomic mass is 16.5. The van der Waals surface area contributed by atoms with Crippen LogP contribution in [0.1, 0.15) is 29.4 Å². The molecule has 1 atom stereocenters. The number of nitrogens with two attached hydrogens (primary N) is 1. The van der Waals surface area contributed by atoms with Crippen LogP contribution in [0.2, 0.25) is 0 Å². The molecule has 1 aliphatic rings. The van der Waals surface area contributed by atoms with Gasteiger partial charge in [0.1, 0.15) is 24.4 Å². The van der Waals surface area contributed by atoms with E-state index in [0.717, 1.165) is 28.0 Å². The number of carbonyl (C=O) groups excluding carboxylic acids is 1. The van der Waals surface area contributed by atoms with Crippen LogP contribution in [-0.4, -0.2) is 38.5 Å². The molecular weight excluding hydrogens is 416 g/mol. The Balaban J connectivity index is 1.49. The molecule has 2 heterocycles. The Morgan fingerprint density at radius 2 is 1.88 bits per heavy atom. The molecule has 166 valence electrons. The largest absolute Gasteiger partial charge is 0.497 e. The van der Waals surface area contributed by atoms with Crippen LogP contribution >= 0.6 is 0 Å². The van der Waals surface area contributed by atoms with Gasteiger partial charge in [-0.1, -0.05) is 48.5 Å². The topological polar surface area (TPSA) is 98.6 Å². The number of hydrogen-bond acceptors (Lipinski definition) is 6. The summed E-state index contributed by atoms with van der Waals surface area (Å²) in [4.78, 5) is 13.4. The maximum Gasteiger partial charge on any atom is 0.263 e. The first-order valence-electron chi connectivity index (χ1n) is 10.8. The summed E-state index contributed by atoms with van der Waals surface area (Å²) in [6, 6.07) is 22.0. The molecule has 3 aromatic carbocycles. The molecule has 5 rings (SSSR count). The summed E-state index contributed by atoms with van der Waals surface area (Å²) in [5.74, 6) is 1.17. The van der Waals surface area contributed by atoms with Crippen LogP contribution in [0.15, 0.2) is 78.2 Å². The Bertz CT molecular complexity index is 1330. The summed E-state index contributed by atoms with van der Waals surface area (Å²) >= 11 is 0. The zero-order valence-corrected chi connectivity index (χ0v) is 18.3. The van der Waals surface area contributed by atoms with E-state index in [4.69, 9.17) is 15.6 Å². The Kier molecular flexibility index (Phi) is 5.58. The second-order valence-electron chi connectivity index (χ2n) is 7.92. The van der Waals surface area contributed by atoms with E-state index < -0.39 is 0 Å². The summed E-state index contributed by atoms with van der Waals surface area (Å²) in [7, 11) is 1.63. The maximum atomic E-state index is 13.4. The zero-order chi connectivity index (χ0) is 22.8. The molecule has 1 amide bonds. The molecule has 2 N–H and O–H groups in total. The van der Waals surface area contributed by atoms with Crippen LogP contribution in [0, 0.1) is 0 Å². The number of hydrogen-bond donors (Lipinski definition) is 1. The van der Waals surface area contributed by atoms with Gasteiger partial charge in [0.05, 0.1) is 25.4 Å². The van der Waals surface area contributed by atoms with E-state index in [0.29, 0.717) is 12.2 Å². The lowest BCUT2D eigenvalue weighted by atomic mass is 9.97. The van der Waals surface area contributed by atoms with Crippen molar-refractivity contribution in [3.63, 3.8) is 0 Å². The van der Waals surface area contributed by atoms with Gasteiger partial charge in [-0.25, -0.2) is 5.01 Å². The van der Waals surface area contributed by atoms with Gasteiger partial charge < -0.3 is 15.0 Å². The molecule has 0 radical (unpaired) electrons. The van der Waals surface area contributed by atoms with Crippen molar-refractivity contribution in [1.29, 1.82) is 0 Å². The fourth-order valence-corrected chi connectivity index (χ4v) is 4.16. The van der Waals surface area contributed by atoms with Crippen molar-refractivity contribution >= 4 is 22.4 Å². The molecule has 1 aromatic heterocycles. The molecule has 8 nitrogen and oxygen atoms in total. The standard InChI is InChI=1S/C25H24N6O2/c1-33-21-10-8-18(9-11-21)23-13-22(20-7-6-17-4-2-3-5-19(17)12-20)29-31(23)25(32)15-30-16-27-28-24(30)14-26/h2-12,16,23H,13-15,26H2,1H3. The molecule has 4 aromatic rings. The highest BCUT2D eigenvalue weighted by Gasteiger charge is 2.33. The minimum Gasteiger partial charge on any atom is -0.497 e. The van der Waals surface area contributed by atoms with Crippen LogP contribution in [0.25, 0.3) is 10.8 Å². The number of benzene rings is 3. The molecule has 0 fully saturated rings. The van der Waals surface area contributed by atoms with Crippen molar-refractivity contribution in [3.05, 3.63) is 90.0 Å². The predicted molar refractivity (Wildman–Crippen MR) is 126 cm³/mol. The van der Waals surface area contributed by atoms with E-state index in [1.54, 1.807) is 16.7 Å². The summed E-state index contributed by atoms with van der Waals surface area (Å²) < 4.78 is 6.96. The van der Waals surface area contributed by atoms with E-state index in [1.807, 2.05) is 36.4 Å². The first-order chi connectivity index (χ1) is 16.2. The van der Waals surface area contributed by atoms with E-state index in [9.17, 15) is 4.79 Å². The zero-order valence-electron chi connectivity index (χ0n) is 18.3. The number of nitrogens with zero attached hydrogens (tertiary/aromatic N) is 5. The van der Waals surface area contributed by atoms with Gasteiger partial charge in [-0.3, -0.25) is 4.79 Å². The van der Waals surface area contributed by atoms with Crippen molar-refractivity contribution in [2.24, 2.45) is 10.8 Å². The minimum absolute atomic E-state index is 0.0701. The fourth-order valence-electron chi connectivity index (χ4n) is 4.16. The van der Waals surface area contributed by atoms with E-state index >= 15 is 0 Å². The van der Waals surface area contributed by atoms with E-state index in [1.165, 1.54) is 11.7 Å². The number of fused-ring (bicyclic) bond motifs is 1. The van der Waals surface area contributed by atoms with Gasteiger partial charge >= 0.3 is 0 Å². The third-order valence-corrected chi connectivity index (χ3v) is 5.93. The minimum atomic E-state index is -0.220. The van der Waals surface area contributed by atoms with Gasteiger partial charge in [0.15, 0.2) is 0 Å². The van der Waals surface area contributed by atoms with Gasteiger partial charge in [0, 0.05) is 6.42 Å². The van der Waals surface area contributed by atoms with Gasteiger partial charge in [-0.15, -0.1) is 10.2 Å². The molecule has 1 unspecified atom stereocenters. The number of amides is 1. The SMILES string of the molecule is COc1ccc(C2CC(c3ccc4ccccc4c3)=NN2C(=O)Cn2cnnc2CN)cc1. The number of hydrazone groups is 1. The van der Waals surface area contributed by atoms with Crippen molar-refractivity contribution in [1.82, 2.24) is 19.8 Å². The Morgan fingerprint density at radius 3 is 2.64 bits per heavy atom. The number of carbonyl (C=O) groups is 1. The highest BCUT2D eigenvalue weighted by molar-refractivity contribution is 6.05. The smallest absolute Gasteiger partial charge is 0.263 e. The summed E-state index contributed by atoms with van der Waals surface area (Å²) in [5, 5.41) is 16.5. The average Bonchev–Trinajstić information content (AvgIpc) is 3.51. The number of ether oxygens (including phenoxy) is 1. The second kappa shape index (κ2) is 8.84. The van der Waals surface area contributed by atoms with Gasteiger partial charge in [0.2, 0.25) is 0 Å². The predicted octanol–water partition coefficient (Wildman–Crippen LogP) is 3.28. The van der Waals surface area contributed by atoms with Crippen molar-refractivity contribution in [2.45, 2.75) is 25.6 Å². The van der Waals surface area contributed by atoms with Crippen LogP contribution in [0.3, 0.4) is 0 Å². The Hall–Kier alpha value is -4.04. The summed E-state index contributed by atoms with van der Waals surface area (Å²) in [5.41, 5.74) is 8.60. The number of aromatic nitrogens is 3. The molecule has 0 aliphatic carbocycles. The quantitative estimate of drug-likeness (QED) is 0.496. The van der Waals surface area contributed by atoms with Gasteiger partial charge in [0.25, 0.3) is 5.91 Å². The third-order valence-electron chi connectivity index (χ3n) is 5.93. The fraction of sp³-hybridized carbons (Fsp3) is 0.200. The molecule has 0 saturated carbocycles. The third kappa shape index (κ3) is 4.08. The van der Waals surface area contributed by atoms with Crippen LogP contribution in [0.4, 0.5) is 0 Å². The average molecular weight is 441 g/mol. The lowest BCUT2D eigenvalue weighted by molar-refractivity contribution is -0.133.